The van der Waals surface area contributed by atoms with Gasteiger partial charge in [0.25, 0.3) is 0 Å². The van der Waals surface area contributed by atoms with E-state index in [1.807, 2.05) is 7.05 Å². The number of nitrogens with two attached hydrogens (primary N) is 1. The molecular weight excluding hydrogens is 236 g/mol. The van der Waals surface area contributed by atoms with Crippen LogP contribution in [-0.4, -0.2) is 51.5 Å². The molecule has 5 heteroatoms. The van der Waals surface area contributed by atoms with Gasteiger partial charge in [-0.15, -0.1) is 0 Å². The van der Waals surface area contributed by atoms with E-state index in [1.54, 1.807) is 0 Å². The Morgan fingerprint density at radius 1 is 1.24 bits per heavy atom. The highest BCUT2D eigenvalue weighted by Crippen LogP contribution is 2.26. The third kappa shape index (κ3) is 5.36. The summed E-state index contributed by atoms with van der Waals surface area (Å²) in [6, 6.07) is 0.462. The van der Waals surface area contributed by atoms with Crippen molar-refractivity contribution in [1.29, 1.82) is 0 Å². The second-order valence-electron chi connectivity index (χ2n) is 5.31. The Morgan fingerprint density at radius 2 is 1.88 bits per heavy atom. The van der Waals surface area contributed by atoms with Crippen molar-refractivity contribution < 1.29 is 8.42 Å². The molecule has 0 aromatic heterocycles. The Hall–Kier alpha value is -0.130. The van der Waals surface area contributed by atoms with Crippen molar-refractivity contribution in [2.75, 3.05) is 32.1 Å². The van der Waals surface area contributed by atoms with Gasteiger partial charge in [0.15, 0.2) is 0 Å². The zero-order chi connectivity index (χ0) is 12.9. The van der Waals surface area contributed by atoms with Gasteiger partial charge in [0.05, 0.1) is 5.75 Å². The van der Waals surface area contributed by atoms with Crippen molar-refractivity contribution in [3.8, 4) is 0 Å². The second kappa shape index (κ2) is 6.71. The molecule has 0 spiro atoms. The van der Waals surface area contributed by atoms with E-state index < -0.39 is 9.84 Å². The zero-order valence-electron chi connectivity index (χ0n) is 11.1. The molecule has 1 aliphatic carbocycles. The smallest absolute Gasteiger partial charge is 0.148 e. The number of sulfone groups is 1. The molecule has 0 aliphatic heterocycles. The first kappa shape index (κ1) is 14.9. The summed E-state index contributed by atoms with van der Waals surface area (Å²) in [6.07, 6.45) is 7.43. The molecule has 0 aromatic rings. The quantitative estimate of drug-likeness (QED) is 0.747. The summed E-state index contributed by atoms with van der Waals surface area (Å²) in [5, 5.41) is 0. The maximum Gasteiger partial charge on any atom is 0.148 e. The van der Waals surface area contributed by atoms with Gasteiger partial charge in [-0.2, -0.15) is 0 Å². The Balaban J connectivity index is 2.54. The predicted molar refractivity (Wildman–Crippen MR) is 71.8 cm³/mol. The molecule has 17 heavy (non-hydrogen) atoms. The number of rotatable bonds is 5. The number of nitrogens with zero attached hydrogens (tertiary/aromatic N) is 1. The lowest BCUT2D eigenvalue weighted by atomic mass is 9.94. The van der Waals surface area contributed by atoms with Crippen molar-refractivity contribution in [3.05, 3.63) is 0 Å². The normalized spacial score (nSPS) is 27.1. The van der Waals surface area contributed by atoms with E-state index in [-0.39, 0.29) is 5.75 Å². The zero-order valence-corrected chi connectivity index (χ0v) is 11.9. The highest BCUT2D eigenvalue weighted by atomic mass is 32.2. The summed E-state index contributed by atoms with van der Waals surface area (Å²) >= 11 is 0. The van der Waals surface area contributed by atoms with Crippen molar-refractivity contribution >= 4 is 9.84 Å². The molecule has 0 bridgehead atoms. The minimum atomic E-state index is -2.86. The van der Waals surface area contributed by atoms with Crippen LogP contribution < -0.4 is 5.73 Å². The molecule has 1 aliphatic rings. The van der Waals surface area contributed by atoms with Gasteiger partial charge in [-0.25, -0.2) is 8.42 Å². The van der Waals surface area contributed by atoms with Crippen LogP contribution in [0.3, 0.4) is 0 Å². The summed E-state index contributed by atoms with van der Waals surface area (Å²) in [6.45, 7) is 1.34. The summed E-state index contributed by atoms with van der Waals surface area (Å²) in [5.74, 6) is 0.777. The van der Waals surface area contributed by atoms with Gasteiger partial charge in [0, 0.05) is 18.8 Å². The van der Waals surface area contributed by atoms with E-state index in [4.69, 9.17) is 5.73 Å². The van der Waals surface area contributed by atoms with Crippen LogP contribution in [0.5, 0.6) is 0 Å². The molecule has 2 N–H and O–H groups in total. The van der Waals surface area contributed by atoms with Crippen LogP contribution in [0, 0.1) is 5.92 Å². The fourth-order valence-corrected chi connectivity index (χ4v) is 3.32. The summed E-state index contributed by atoms with van der Waals surface area (Å²) in [4.78, 5) is 2.20. The Morgan fingerprint density at radius 3 is 2.47 bits per heavy atom. The Labute approximate surface area is 105 Å². The van der Waals surface area contributed by atoms with Crippen LogP contribution >= 0.6 is 0 Å². The third-order valence-corrected chi connectivity index (χ3v) is 4.73. The van der Waals surface area contributed by atoms with Crippen LogP contribution in [0.15, 0.2) is 0 Å². The van der Waals surface area contributed by atoms with Crippen molar-refractivity contribution in [2.45, 2.75) is 38.1 Å². The standard InChI is InChI=1S/C12H26N2O2S/c1-14(8-9-17(2,15)16)12-7-5-3-4-6-11(12)10-13/h11-12H,3-10,13H2,1-2H3. The van der Waals surface area contributed by atoms with Crippen LogP contribution in [0.2, 0.25) is 0 Å². The van der Waals surface area contributed by atoms with E-state index >= 15 is 0 Å². The summed E-state index contributed by atoms with van der Waals surface area (Å²) < 4.78 is 22.4. The molecule has 0 saturated heterocycles. The minimum Gasteiger partial charge on any atom is -0.330 e. The molecule has 2 unspecified atom stereocenters. The minimum absolute atomic E-state index is 0.247. The molecule has 0 amide bonds. The molecule has 2 atom stereocenters. The molecule has 1 saturated carbocycles. The fourth-order valence-electron chi connectivity index (χ4n) is 2.70. The average Bonchev–Trinajstić information content (AvgIpc) is 2.49. The molecular formula is C12H26N2O2S. The third-order valence-electron chi connectivity index (χ3n) is 3.80. The maximum absolute atomic E-state index is 11.2. The first-order valence-electron chi connectivity index (χ1n) is 6.52. The van der Waals surface area contributed by atoms with E-state index in [0.29, 0.717) is 25.0 Å². The second-order valence-corrected chi connectivity index (χ2v) is 7.57. The van der Waals surface area contributed by atoms with E-state index in [9.17, 15) is 8.42 Å². The van der Waals surface area contributed by atoms with Gasteiger partial charge in [-0.3, -0.25) is 0 Å². The van der Waals surface area contributed by atoms with E-state index in [1.165, 1.54) is 31.9 Å². The molecule has 0 radical (unpaired) electrons. The SMILES string of the molecule is CN(CCS(C)(=O)=O)C1CCCCCC1CN. The average molecular weight is 262 g/mol. The molecule has 1 fully saturated rings. The van der Waals surface area contributed by atoms with Crippen LogP contribution in [-0.2, 0) is 9.84 Å². The fraction of sp³-hybridized carbons (Fsp3) is 1.00. The monoisotopic (exact) mass is 262 g/mol. The van der Waals surface area contributed by atoms with Gasteiger partial charge in [0.2, 0.25) is 0 Å². The lowest BCUT2D eigenvalue weighted by Crippen LogP contribution is -2.42. The molecule has 4 nitrogen and oxygen atoms in total. The van der Waals surface area contributed by atoms with Gasteiger partial charge < -0.3 is 10.6 Å². The summed E-state index contributed by atoms with van der Waals surface area (Å²) in [7, 11) is -0.833. The van der Waals surface area contributed by atoms with E-state index in [2.05, 4.69) is 4.90 Å². The Kier molecular flexibility index (Phi) is 5.89. The largest absolute Gasteiger partial charge is 0.330 e. The number of hydrogen-bond donors (Lipinski definition) is 1. The van der Waals surface area contributed by atoms with Gasteiger partial charge in [-0.05, 0) is 32.4 Å². The van der Waals surface area contributed by atoms with Crippen LogP contribution in [0.1, 0.15) is 32.1 Å². The van der Waals surface area contributed by atoms with Crippen LogP contribution in [0.4, 0.5) is 0 Å². The maximum atomic E-state index is 11.2. The van der Waals surface area contributed by atoms with Crippen molar-refractivity contribution in [3.63, 3.8) is 0 Å². The van der Waals surface area contributed by atoms with Crippen molar-refractivity contribution in [2.24, 2.45) is 11.7 Å². The van der Waals surface area contributed by atoms with Crippen LogP contribution in [0.25, 0.3) is 0 Å². The van der Waals surface area contributed by atoms with Crippen molar-refractivity contribution in [1.82, 2.24) is 4.90 Å². The Bertz CT molecular complexity index is 316. The van der Waals surface area contributed by atoms with Gasteiger partial charge in [-0.1, -0.05) is 19.3 Å². The topological polar surface area (TPSA) is 63.4 Å². The first-order chi connectivity index (χ1) is 7.94. The van der Waals surface area contributed by atoms with Gasteiger partial charge >= 0.3 is 0 Å². The molecule has 1 rings (SSSR count). The molecule has 0 heterocycles. The lowest BCUT2D eigenvalue weighted by molar-refractivity contribution is 0.176. The number of hydrogen-bond acceptors (Lipinski definition) is 4. The highest BCUT2D eigenvalue weighted by Gasteiger charge is 2.26. The van der Waals surface area contributed by atoms with E-state index in [0.717, 1.165) is 6.42 Å². The first-order valence-corrected chi connectivity index (χ1v) is 8.58. The lowest BCUT2D eigenvalue weighted by Gasteiger charge is -2.32. The predicted octanol–water partition coefficient (Wildman–Crippen LogP) is 0.870. The highest BCUT2D eigenvalue weighted by molar-refractivity contribution is 7.90. The van der Waals surface area contributed by atoms with Gasteiger partial charge in [0.1, 0.15) is 9.84 Å². The molecule has 0 aromatic carbocycles. The molecule has 102 valence electrons. The summed E-state index contributed by atoms with van der Waals surface area (Å²) in [5.41, 5.74) is 5.84.